The van der Waals surface area contributed by atoms with Gasteiger partial charge in [-0.25, -0.2) is 9.78 Å². The minimum absolute atomic E-state index is 0.225. The van der Waals surface area contributed by atoms with Crippen molar-refractivity contribution in [3.8, 4) is 5.75 Å². The van der Waals surface area contributed by atoms with Gasteiger partial charge in [-0.2, -0.15) is 0 Å². The minimum Gasteiger partial charge on any atom is -0.492 e. The lowest BCUT2D eigenvalue weighted by Crippen LogP contribution is -2.44. The van der Waals surface area contributed by atoms with Crippen LogP contribution >= 0.6 is 0 Å². The van der Waals surface area contributed by atoms with Gasteiger partial charge >= 0.3 is 6.03 Å². The fraction of sp³-hybridized carbons (Fsp3) is 0.276. The summed E-state index contributed by atoms with van der Waals surface area (Å²) >= 11 is 0. The molecule has 2 atom stereocenters. The maximum Gasteiger partial charge on any atom is 0.323 e. The summed E-state index contributed by atoms with van der Waals surface area (Å²) in [4.78, 5) is 33.8. The molecule has 0 aliphatic heterocycles. The van der Waals surface area contributed by atoms with E-state index >= 15 is 0 Å². The van der Waals surface area contributed by atoms with Crippen molar-refractivity contribution in [1.29, 1.82) is 0 Å². The molecule has 1 heterocycles. The molecule has 8 nitrogen and oxygen atoms in total. The number of benzene rings is 3. The molecule has 0 aliphatic rings. The van der Waals surface area contributed by atoms with Crippen LogP contribution in [0, 0.1) is 0 Å². The average Bonchev–Trinajstić information content (AvgIpc) is 2.92. The number of aryl methyl sites for hydroxylation is 1. The Morgan fingerprint density at radius 3 is 2.43 bits per heavy atom. The van der Waals surface area contributed by atoms with Crippen LogP contribution in [-0.4, -0.2) is 40.8 Å². The van der Waals surface area contributed by atoms with E-state index in [-0.39, 0.29) is 17.9 Å². The van der Waals surface area contributed by atoms with E-state index in [1.807, 2.05) is 80.6 Å². The number of urea groups is 1. The predicted octanol–water partition coefficient (Wildman–Crippen LogP) is 5.32. The normalized spacial score (nSPS) is 12.6. The maximum absolute atomic E-state index is 14.0. The number of fused-ring (bicyclic) bond motifs is 1. The third-order valence-electron chi connectivity index (χ3n) is 6.33. The van der Waals surface area contributed by atoms with Crippen LogP contribution in [0.25, 0.3) is 11.0 Å². The lowest BCUT2D eigenvalue weighted by molar-refractivity contribution is 0.0885. The van der Waals surface area contributed by atoms with E-state index in [1.54, 1.807) is 35.8 Å². The maximum atomic E-state index is 14.0. The number of carbonyl (C=O) groups excluding carboxylic acids is 1. The van der Waals surface area contributed by atoms with Gasteiger partial charge in [0.2, 0.25) is 0 Å². The highest BCUT2D eigenvalue weighted by molar-refractivity contribution is 5.91. The van der Waals surface area contributed by atoms with E-state index in [0.717, 1.165) is 11.1 Å². The zero-order valence-electron chi connectivity index (χ0n) is 21.5. The van der Waals surface area contributed by atoms with Crippen molar-refractivity contribution in [3.63, 3.8) is 0 Å². The molecule has 192 valence electrons. The van der Waals surface area contributed by atoms with Crippen LogP contribution in [0.2, 0.25) is 0 Å². The molecule has 4 aromatic rings. The second-order valence-electron chi connectivity index (χ2n) is 8.67. The van der Waals surface area contributed by atoms with Gasteiger partial charge in [0, 0.05) is 14.2 Å². The van der Waals surface area contributed by atoms with Gasteiger partial charge in [-0.05, 0) is 43.7 Å². The molecule has 2 amide bonds. The van der Waals surface area contributed by atoms with Crippen LogP contribution in [0.4, 0.5) is 10.5 Å². The Balaban J connectivity index is 1.83. The third kappa shape index (κ3) is 5.49. The third-order valence-corrected chi connectivity index (χ3v) is 6.33. The summed E-state index contributed by atoms with van der Waals surface area (Å²) in [7, 11) is 3.31. The molecule has 1 N–H and O–H groups in total. The number of hydrogen-bond donors (Lipinski definition) is 1. The zero-order chi connectivity index (χ0) is 26.4. The molecule has 37 heavy (non-hydrogen) atoms. The van der Waals surface area contributed by atoms with E-state index in [2.05, 4.69) is 5.32 Å². The van der Waals surface area contributed by atoms with Crippen LogP contribution in [0.5, 0.6) is 5.75 Å². The fourth-order valence-corrected chi connectivity index (χ4v) is 4.49. The molecule has 8 heteroatoms. The minimum atomic E-state index is -0.678. The van der Waals surface area contributed by atoms with E-state index in [9.17, 15) is 9.59 Å². The molecule has 0 spiro atoms. The van der Waals surface area contributed by atoms with Crippen molar-refractivity contribution < 1.29 is 14.3 Å². The van der Waals surface area contributed by atoms with Gasteiger partial charge in [0.25, 0.3) is 5.56 Å². The van der Waals surface area contributed by atoms with Gasteiger partial charge in [-0.1, -0.05) is 54.6 Å². The molecule has 0 saturated heterocycles. The van der Waals surface area contributed by atoms with Crippen LogP contribution in [0.3, 0.4) is 0 Å². The monoisotopic (exact) mass is 500 g/mol. The zero-order valence-corrected chi connectivity index (χ0v) is 21.5. The first-order valence-electron chi connectivity index (χ1n) is 12.3. The van der Waals surface area contributed by atoms with Gasteiger partial charge in [-0.3, -0.25) is 4.79 Å². The van der Waals surface area contributed by atoms with Gasteiger partial charge in [0.05, 0.1) is 42.0 Å². The largest absolute Gasteiger partial charge is 0.492 e. The van der Waals surface area contributed by atoms with Crippen LogP contribution in [0.15, 0.2) is 83.7 Å². The van der Waals surface area contributed by atoms with E-state index in [0.29, 0.717) is 23.6 Å². The van der Waals surface area contributed by atoms with Gasteiger partial charge in [0.1, 0.15) is 11.4 Å². The molecule has 0 unspecified atom stereocenters. The molecule has 0 saturated carbocycles. The summed E-state index contributed by atoms with van der Waals surface area (Å²) in [5.74, 6) is 0.564. The summed E-state index contributed by atoms with van der Waals surface area (Å²) < 4.78 is 12.8. The number of methoxy groups -OCH3 is 1. The number of rotatable bonds is 9. The quantitative estimate of drug-likeness (QED) is 0.336. The Kier molecular flexibility index (Phi) is 8.20. The van der Waals surface area contributed by atoms with Crippen molar-refractivity contribution >= 4 is 22.8 Å². The second-order valence-corrected chi connectivity index (χ2v) is 8.67. The number of ether oxygens (including phenoxy) is 2. The molecule has 3 aromatic carbocycles. The molecule has 0 aliphatic carbocycles. The highest BCUT2D eigenvalue weighted by Crippen LogP contribution is 2.32. The Bertz CT molecular complexity index is 1420. The molecule has 0 fully saturated rings. The first-order chi connectivity index (χ1) is 18.0. The first-order valence-corrected chi connectivity index (χ1v) is 12.3. The Hall–Kier alpha value is -4.17. The lowest BCUT2D eigenvalue weighted by Gasteiger charge is -2.36. The van der Waals surface area contributed by atoms with Gasteiger partial charge in [0.15, 0.2) is 0 Å². The number of hydrogen-bond acceptors (Lipinski definition) is 5. The summed E-state index contributed by atoms with van der Waals surface area (Å²) in [5.41, 5.74) is 2.82. The average molecular weight is 501 g/mol. The van der Waals surface area contributed by atoms with Crippen LogP contribution in [-0.2, 0) is 11.8 Å². The first kappa shape index (κ1) is 25.9. The van der Waals surface area contributed by atoms with Crippen molar-refractivity contribution in [1.82, 2.24) is 14.5 Å². The summed E-state index contributed by atoms with van der Waals surface area (Å²) in [6.45, 7) is 4.39. The molecule has 1 aromatic heterocycles. The smallest absolute Gasteiger partial charge is 0.323 e. The number of nitrogens with one attached hydrogen (secondary N) is 1. The van der Waals surface area contributed by atoms with E-state index < -0.39 is 18.1 Å². The number of carbonyl (C=O) groups is 1. The van der Waals surface area contributed by atoms with Crippen LogP contribution < -0.4 is 15.6 Å². The number of amides is 2. The standard InChI is InChI=1S/C29H32N4O4/c1-5-37-26-18-12-10-16-23(26)31-29(35)33(25(19-36-4)21-13-7-6-8-14-21)20(2)27-28(34)32(3)24-17-11-9-15-22(24)30-27/h6-18,20,25H,5,19H2,1-4H3,(H,31,35)/t20-,25+/m0/s1. The van der Waals surface area contributed by atoms with Crippen molar-refractivity contribution in [2.45, 2.75) is 25.9 Å². The number of nitrogens with zero attached hydrogens (tertiary/aromatic N) is 3. The summed E-state index contributed by atoms with van der Waals surface area (Å²) in [6, 6.07) is 22.8. The van der Waals surface area contributed by atoms with E-state index in [4.69, 9.17) is 14.5 Å². The molecular weight excluding hydrogens is 468 g/mol. The molecule has 4 rings (SSSR count). The number of para-hydroxylation sites is 4. The molecular formula is C29H32N4O4. The van der Waals surface area contributed by atoms with Crippen LogP contribution in [0.1, 0.15) is 37.2 Å². The summed E-state index contributed by atoms with van der Waals surface area (Å²) in [5, 5.41) is 3.00. The lowest BCUT2D eigenvalue weighted by atomic mass is 10.0. The number of aromatic nitrogens is 2. The fourth-order valence-electron chi connectivity index (χ4n) is 4.49. The Morgan fingerprint density at radius 2 is 1.70 bits per heavy atom. The molecule has 0 bridgehead atoms. The highest BCUT2D eigenvalue weighted by Gasteiger charge is 2.33. The van der Waals surface area contributed by atoms with Crippen molar-refractivity contribution in [2.75, 3.05) is 25.6 Å². The van der Waals surface area contributed by atoms with Gasteiger partial charge in [-0.15, -0.1) is 0 Å². The Morgan fingerprint density at radius 1 is 1.03 bits per heavy atom. The topological polar surface area (TPSA) is 85.7 Å². The van der Waals surface area contributed by atoms with E-state index in [1.165, 1.54) is 0 Å². The number of anilines is 1. The van der Waals surface area contributed by atoms with Crippen molar-refractivity contribution in [3.05, 3.63) is 100 Å². The van der Waals surface area contributed by atoms with Crippen molar-refractivity contribution in [2.24, 2.45) is 7.05 Å². The SMILES string of the molecule is CCOc1ccccc1NC(=O)N([C@H](COC)c1ccccc1)[C@@H](C)c1nc2ccccc2n(C)c1=O. The second kappa shape index (κ2) is 11.7. The highest BCUT2D eigenvalue weighted by atomic mass is 16.5. The summed E-state index contributed by atoms with van der Waals surface area (Å²) in [6.07, 6.45) is 0. The Labute approximate surface area is 216 Å². The van der Waals surface area contributed by atoms with Gasteiger partial charge < -0.3 is 24.3 Å². The molecule has 0 radical (unpaired) electrons. The predicted molar refractivity (Wildman–Crippen MR) is 145 cm³/mol.